The monoisotopic (exact) mass is 538 g/mol. The molecule has 5 aromatic carbocycles. The van der Waals surface area contributed by atoms with Crippen molar-refractivity contribution in [1.29, 1.82) is 0 Å². The van der Waals surface area contributed by atoms with Crippen LogP contribution in [0.3, 0.4) is 0 Å². The summed E-state index contributed by atoms with van der Waals surface area (Å²) in [6.45, 7) is 0. The zero-order valence-electron chi connectivity index (χ0n) is 19.3. The van der Waals surface area contributed by atoms with Crippen molar-refractivity contribution < 1.29 is 25.2 Å². The van der Waals surface area contributed by atoms with E-state index in [4.69, 9.17) is 3.63 Å². The zero-order valence-corrected chi connectivity index (χ0v) is 20.9. The van der Waals surface area contributed by atoms with Gasteiger partial charge in [-0.2, -0.15) is 25.2 Å². The fourth-order valence-corrected chi connectivity index (χ4v) is 8.97. The summed E-state index contributed by atoms with van der Waals surface area (Å²) >= 11 is 0. The molecular formula is C29H21F3O3S2. The van der Waals surface area contributed by atoms with Crippen molar-refractivity contribution in [3.63, 3.8) is 0 Å². The second-order valence-electron chi connectivity index (χ2n) is 8.20. The van der Waals surface area contributed by atoms with Crippen LogP contribution in [0.15, 0.2) is 142 Å². The Balaban J connectivity index is 1.74. The molecule has 0 aliphatic rings. The molecule has 0 aromatic heterocycles. The quantitative estimate of drug-likeness (QED) is 0.203. The maximum atomic E-state index is 13.6. The first-order valence-corrected chi connectivity index (χ1v) is 14.2. The Labute approximate surface area is 214 Å². The molecule has 0 unspecified atom stereocenters. The summed E-state index contributed by atoms with van der Waals surface area (Å²) in [6.07, 6.45) is 0. The summed E-state index contributed by atoms with van der Waals surface area (Å²) in [5.41, 5.74) is -3.79. The lowest BCUT2D eigenvalue weighted by atomic mass is 9.98. The van der Waals surface area contributed by atoms with Gasteiger partial charge in [-0.1, -0.05) is 91.0 Å². The van der Waals surface area contributed by atoms with Crippen LogP contribution >= 0.6 is 10.3 Å². The summed E-state index contributed by atoms with van der Waals surface area (Å²) in [6, 6.07) is 37.0. The number of benzene rings is 5. The van der Waals surface area contributed by atoms with E-state index in [9.17, 15) is 21.6 Å². The second-order valence-corrected chi connectivity index (χ2v) is 12.6. The van der Waals surface area contributed by atoms with Gasteiger partial charge in [0.05, 0.1) is 0 Å². The Kier molecular flexibility index (Phi) is 6.58. The average molecular weight is 539 g/mol. The Morgan fingerprint density at radius 1 is 0.541 bits per heavy atom. The number of hydrogen-bond acceptors (Lipinski definition) is 3. The maximum Gasteiger partial charge on any atom is 0.524 e. The van der Waals surface area contributed by atoms with E-state index in [0.717, 1.165) is 21.9 Å². The molecule has 0 aliphatic heterocycles. The Morgan fingerprint density at radius 2 is 1.03 bits per heavy atom. The summed E-state index contributed by atoms with van der Waals surface area (Å²) in [4.78, 5) is 0.973. The van der Waals surface area contributed by atoms with E-state index >= 15 is 0 Å². The normalized spacial score (nSPS) is 12.9. The predicted octanol–water partition coefficient (Wildman–Crippen LogP) is 8.57. The molecule has 188 valence electrons. The Morgan fingerprint density at radius 3 is 1.59 bits per heavy atom. The van der Waals surface area contributed by atoms with Gasteiger partial charge in [-0.15, -0.1) is 0 Å². The van der Waals surface area contributed by atoms with Gasteiger partial charge in [0.25, 0.3) is 0 Å². The number of alkyl halides is 3. The van der Waals surface area contributed by atoms with E-state index < -0.39 is 25.9 Å². The van der Waals surface area contributed by atoms with Crippen LogP contribution in [-0.2, 0) is 13.7 Å². The molecule has 8 heteroatoms. The third kappa shape index (κ3) is 4.64. The first-order chi connectivity index (χ1) is 17.7. The molecule has 5 aromatic rings. The number of halogens is 3. The van der Waals surface area contributed by atoms with Crippen LogP contribution in [0.5, 0.6) is 0 Å². The second kappa shape index (κ2) is 9.70. The van der Waals surface area contributed by atoms with E-state index in [0.29, 0.717) is 14.7 Å². The van der Waals surface area contributed by atoms with Gasteiger partial charge in [-0.05, 0) is 68.6 Å². The summed E-state index contributed by atoms with van der Waals surface area (Å²) in [5.74, 6) is 0. The van der Waals surface area contributed by atoms with Crippen molar-refractivity contribution in [2.24, 2.45) is 0 Å². The lowest BCUT2D eigenvalue weighted by Gasteiger charge is -2.39. The fraction of sp³-hybridized carbons (Fsp3) is 0.0345. The minimum Gasteiger partial charge on any atom is -0.200 e. The molecule has 3 nitrogen and oxygen atoms in total. The first-order valence-electron chi connectivity index (χ1n) is 11.3. The lowest BCUT2D eigenvalue weighted by molar-refractivity contribution is -0.0496. The first kappa shape index (κ1) is 25.1. The van der Waals surface area contributed by atoms with E-state index in [1.165, 1.54) is 0 Å². The van der Waals surface area contributed by atoms with Crippen LogP contribution in [0, 0.1) is 0 Å². The summed E-state index contributed by atoms with van der Waals surface area (Å²) in [7, 11) is -9.28. The van der Waals surface area contributed by atoms with Crippen LogP contribution in [0.2, 0.25) is 0 Å². The van der Waals surface area contributed by atoms with E-state index in [1.807, 2.05) is 42.5 Å². The third-order valence-electron chi connectivity index (χ3n) is 5.91. The fourth-order valence-electron chi connectivity index (χ4n) is 4.23. The average Bonchev–Trinajstić information content (AvgIpc) is 2.92. The zero-order chi connectivity index (χ0) is 26.1. The van der Waals surface area contributed by atoms with Crippen molar-refractivity contribution >= 4 is 31.2 Å². The lowest BCUT2D eigenvalue weighted by Crippen LogP contribution is -2.27. The van der Waals surface area contributed by atoms with Crippen molar-refractivity contribution in [3.05, 3.63) is 127 Å². The molecule has 0 aliphatic carbocycles. The van der Waals surface area contributed by atoms with Gasteiger partial charge < -0.3 is 0 Å². The van der Waals surface area contributed by atoms with E-state index in [2.05, 4.69) is 0 Å². The standard InChI is InChI=1S/C29H21F3O3S2/c30-29(31,32)37(33,34)35-36(24-12-3-1-4-13-24,25-14-5-2-6-15-25)26-20-18-23(19-21-26)28-17-9-11-22-10-7-8-16-27(22)28/h1-21H. The van der Waals surface area contributed by atoms with Gasteiger partial charge >= 0.3 is 15.6 Å². The topological polar surface area (TPSA) is 43.4 Å². The predicted molar refractivity (Wildman–Crippen MR) is 141 cm³/mol. The van der Waals surface area contributed by atoms with Crippen LogP contribution in [0.4, 0.5) is 13.2 Å². The van der Waals surface area contributed by atoms with Crippen molar-refractivity contribution in [3.8, 4) is 11.1 Å². The van der Waals surface area contributed by atoms with Gasteiger partial charge in [-0.25, -0.2) is 0 Å². The van der Waals surface area contributed by atoms with E-state index in [-0.39, 0.29) is 0 Å². The van der Waals surface area contributed by atoms with Gasteiger partial charge in [0.2, 0.25) is 0 Å². The molecule has 0 fully saturated rings. The largest absolute Gasteiger partial charge is 0.524 e. The number of hydrogen-bond donors (Lipinski definition) is 0. The van der Waals surface area contributed by atoms with Crippen LogP contribution in [0.25, 0.3) is 21.9 Å². The highest BCUT2D eigenvalue weighted by Crippen LogP contribution is 2.70. The molecule has 37 heavy (non-hydrogen) atoms. The van der Waals surface area contributed by atoms with Gasteiger partial charge in [0.15, 0.2) is 0 Å². The van der Waals surface area contributed by atoms with Crippen LogP contribution in [0.1, 0.15) is 0 Å². The molecule has 0 heterocycles. The molecule has 0 bridgehead atoms. The summed E-state index contributed by atoms with van der Waals surface area (Å²) in [5, 5.41) is 2.08. The highest BCUT2D eigenvalue weighted by atomic mass is 32.3. The molecule has 0 N–H and O–H groups in total. The molecule has 0 saturated carbocycles. The minimum absolute atomic E-state index is 0.321. The molecular weight excluding hydrogens is 517 g/mol. The molecule has 0 saturated heterocycles. The SMILES string of the molecule is O=S(=O)(OS(c1ccccc1)(c1ccccc1)c1ccc(-c2cccc3ccccc23)cc1)C(F)(F)F. The smallest absolute Gasteiger partial charge is 0.200 e. The van der Waals surface area contributed by atoms with Gasteiger partial charge in [0, 0.05) is 14.7 Å². The highest BCUT2D eigenvalue weighted by molar-refractivity contribution is 8.33. The Bertz CT molecular complexity index is 1590. The number of fused-ring (bicyclic) bond motifs is 1. The Hall–Kier alpha value is -3.59. The molecule has 0 atom stereocenters. The van der Waals surface area contributed by atoms with Crippen LogP contribution in [-0.4, -0.2) is 13.9 Å². The number of rotatable bonds is 6. The summed E-state index contributed by atoms with van der Waals surface area (Å²) < 4.78 is 71.2. The van der Waals surface area contributed by atoms with Crippen molar-refractivity contribution in [2.75, 3.05) is 0 Å². The van der Waals surface area contributed by atoms with Gasteiger partial charge in [-0.3, -0.25) is 0 Å². The maximum absolute atomic E-state index is 13.6. The molecule has 5 rings (SSSR count). The third-order valence-corrected chi connectivity index (χ3v) is 10.8. The molecule has 0 amide bonds. The van der Waals surface area contributed by atoms with Gasteiger partial charge in [0.1, 0.15) is 0 Å². The van der Waals surface area contributed by atoms with Crippen LogP contribution < -0.4 is 0 Å². The van der Waals surface area contributed by atoms with Crippen molar-refractivity contribution in [2.45, 2.75) is 20.2 Å². The van der Waals surface area contributed by atoms with Crippen molar-refractivity contribution in [1.82, 2.24) is 0 Å². The highest BCUT2D eigenvalue weighted by Gasteiger charge is 2.52. The molecule has 0 radical (unpaired) electrons. The molecule has 0 spiro atoms. The van der Waals surface area contributed by atoms with E-state index in [1.54, 1.807) is 84.9 Å². The minimum atomic E-state index is -5.95.